The Morgan fingerprint density at radius 1 is 1.27 bits per heavy atom. The third-order valence-electron chi connectivity index (χ3n) is 5.14. The van der Waals surface area contributed by atoms with Gasteiger partial charge in [0.05, 0.1) is 17.2 Å². The second-order valence-corrected chi connectivity index (χ2v) is 7.83. The Labute approximate surface area is 163 Å². The van der Waals surface area contributed by atoms with Crippen molar-refractivity contribution in [2.75, 3.05) is 19.6 Å². The van der Waals surface area contributed by atoms with Crippen molar-refractivity contribution < 1.29 is 4.79 Å². The van der Waals surface area contributed by atoms with Gasteiger partial charge in [-0.2, -0.15) is 0 Å². The fourth-order valence-electron chi connectivity index (χ4n) is 3.70. The van der Waals surface area contributed by atoms with E-state index in [1.807, 2.05) is 11.8 Å². The van der Waals surface area contributed by atoms with Crippen LogP contribution in [0.1, 0.15) is 57.7 Å². The van der Waals surface area contributed by atoms with Crippen LogP contribution in [0.15, 0.2) is 0 Å². The molecule has 4 heterocycles. The van der Waals surface area contributed by atoms with Gasteiger partial charge < -0.3 is 14.8 Å². The van der Waals surface area contributed by atoms with Gasteiger partial charge in [0.2, 0.25) is 0 Å². The highest BCUT2D eigenvalue weighted by molar-refractivity contribution is 7.13. The molecule has 9 heteroatoms. The number of likely N-dealkylation sites (tertiary alicyclic amines) is 1. The Kier molecular flexibility index (Phi) is 5.94. The summed E-state index contributed by atoms with van der Waals surface area (Å²) in [4.78, 5) is 20.1. The summed E-state index contributed by atoms with van der Waals surface area (Å²) in [6, 6.07) is 0. The molecule has 0 saturated carbocycles. The minimum absolute atomic E-state index is 0. The van der Waals surface area contributed by atoms with E-state index < -0.39 is 0 Å². The number of piperidine rings is 1. The molecule has 1 fully saturated rings. The topological polar surface area (TPSA) is 75.9 Å². The fourth-order valence-corrected chi connectivity index (χ4v) is 4.68. The Hall–Kier alpha value is -1.51. The van der Waals surface area contributed by atoms with Gasteiger partial charge in [-0.15, -0.1) is 33.9 Å². The summed E-state index contributed by atoms with van der Waals surface area (Å²) >= 11 is 1.54. The second-order valence-electron chi connectivity index (χ2n) is 6.75. The molecule has 0 aliphatic carbocycles. The normalized spacial score (nSPS) is 17.7. The minimum atomic E-state index is 0. The lowest BCUT2D eigenvalue weighted by Crippen LogP contribution is -2.38. The van der Waals surface area contributed by atoms with Crippen LogP contribution in [0.25, 0.3) is 0 Å². The van der Waals surface area contributed by atoms with Crippen LogP contribution in [-0.4, -0.2) is 50.2 Å². The summed E-state index contributed by atoms with van der Waals surface area (Å²) in [6.07, 6.45) is 2.79. The van der Waals surface area contributed by atoms with Crippen LogP contribution < -0.4 is 5.32 Å². The third kappa shape index (κ3) is 3.50. The van der Waals surface area contributed by atoms with Crippen LogP contribution in [-0.2, 0) is 19.5 Å². The van der Waals surface area contributed by atoms with Crippen molar-refractivity contribution >= 4 is 29.7 Å². The number of nitrogens with zero attached hydrogens (tertiary/aromatic N) is 5. The molecule has 1 amide bonds. The maximum Gasteiger partial charge on any atom is 0.265 e. The summed E-state index contributed by atoms with van der Waals surface area (Å²) in [7, 11) is 0. The number of halogens is 1. The Morgan fingerprint density at radius 3 is 2.73 bits per heavy atom. The molecule has 0 spiro atoms. The van der Waals surface area contributed by atoms with Crippen LogP contribution in [0.5, 0.6) is 0 Å². The molecule has 0 atom stereocenters. The number of hydrogen-bond donors (Lipinski definition) is 1. The fraction of sp³-hybridized carbons (Fsp3) is 0.647. The van der Waals surface area contributed by atoms with Gasteiger partial charge in [-0.3, -0.25) is 4.79 Å². The van der Waals surface area contributed by atoms with Crippen LogP contribution in [0, 0.1) is 6.92 Å². The highest BCUT2D eigenvalue weighted by atomic mass is 35.5. The largest absolute Gasteiger partial charge is 0.338 e. The Balaban J connectivity index is 0.00000196. The quantitative estimate of drug-likeness (QED) is 0.860. The van der Waals surface area contributed by atoms with E-state index in [0.717, 1.165) is 79.2 Å². The number of carbonyl (C=O) groups excluding carboxylic acids is 1. The van der Waals surface area contributed by atoms with Crippen molar-refractivity contribution in [2.45, 2.75) is 52.1 Å². The van der Waals surface area contributed by atoms with E-state index in [1.54, 1.807) is 11.3 Å². The maximum absolute atomic E-state index is 12.8. The summed E-state index contributed by atoms with van der Waals surface area (Å²) in [5, 5.41) is 13.1. The molecule has 1 N–H and O–H groups in total. The van der Waals surface area contributed by atoms with E-state index in [4.69, 9.17) is 0 Å². The van der Waals surface area contributed by atoms with Gasteiger partial charge in [-0.25, -0.2) is 4.98 Å². The van der Waals surface area contributed by atoms with E-state index in [-0.39, 0.29) is 18.3 Å². The summed E-state index contributed by atoms with van der Waals surface area (Å²) in [6.45, 7) is 8.29. The van der Waals surface area contributed by atoms with Crippen molar-refractivity contribution in [3.63, 3.8) is 0 Å². The number of amides is 1. The predicted molar refractivity (Wildman–Crippen MR) is 103 cm³/mol. The highest BCUT2D eigenvalue weighted by Gasteiger charge is 2.30. The first-order valence-electron chi connectivity index (χ1n) is 9.05. The van der Waals surface area contributed by atoms with Gasteiger partial charge in [-0.05, 0) is 26.2 Å². The van der Waals surface area contributed by atoms with Crippen molar-refractivity contribution in [3.8, 4) is 0 Å². The SMILES string of the molecule is CCc1nc(C)c(C(=O)N2CCC(c3nnc4n3CCNC4)CC2)s1.Cl. The average Bonchev–Trinajstić information content (AvgIpc) is 3.24. The van der Waals surface area contributed by atoms with E-state index in [0.29, 0.717) is 5.92 Å². The minimum Gasteiger partial charge on any atom is -0.338 e. The molecule has 0 unspecified atom stereocenters. The molecular formula is C17H25ClN6OS. The van der Waals surface area contributed by atoms with Crippen molar-refractivity contribution in [2.24, 2.45) is 0 Å². The molecule has 2 aromatic rings. The number of hydrogen-bond acceptors (Lipinski definition) is 6. The molecule has 0 aromatic carbocycles. The molecule has 2 aliphatic rings. The highest BCUT2D eigenvalue weighted by Crippen LogP contribution is 2.29. The lowest BCUT2D eigenvalue weighted by atomic mass is 9.95. The van der Waals surface area contributed by atoms with Gasteiger partial charge in [0, 0.05) is 32.1 Å². The molecular weight excluding hydrogens is 372 g/mol. The molecule has 4 rings (SSSR count). The smallest absolute Gasteiger partial charge is 0.265 e. The summed E-state index contributed by atoms with van der Waals surface area (Å²) in [5.74, 6) is 2.68. The second kappa shape index (κ2) is 8.02. The van der Waals surface area contributed by atoms with E-state index in [9.17, 15) is 4.79 Å². The Bertz CT molecular complexity index is 780. The van der Waals surface area contributed by atoms with Gasteiger partial charge in [0.1, 0.15) is 16.5 Å². The average molecular weight is 397 g/mol. The van der Waals surface area contributed by atoms with E-state index in [2.05, 4.69) is 32.0 Å². The van der Waals surface area contributed by atoms with Crippen molar-refractivity contribution in [1.29, 1.82) is 0 Å². The number of thiazole rings is 1. The summed E-state index contributed by atoms with van der Waals surface area (Å²) < 4.78 is 2.26. The summed E-state index contributed by atoms with van der Waals surface area (Å²) in [5.41, 5.74) is 0.869. The molecule has 7 nitrogen and oxygen atoms in total. The zero-order valence-corrected chi connectivity index (χ0v) is 16.8. The number of rotatable bonds is 3. The standard InChI is InChI=1S/C17H24N6OS.ClH/c1-3-14-19-11(2)15(25-14)17(24)22-7-4-12(5-8-22)16-21-20-13-10-18-6-9-23(13)16;/h12,18H,3-10H2,1-2H3;1H. The van der Waals surface area contributed by atoms with Gasteiger partial charge in [0.25, 0.3) is 5.91 Å². The first-order valence-corrected chi connectivity index (χ1v) is 9.87. The molecule has 142 valence electrons. The first kappa shape index (κ1) is 19.3. The van der Waals surface area contributed by atoms with Crippen LogP contribution in [0.3, 0.4) is 0 Å². The predicted octanol–water partition coefficient (Wildman–Crippen LogP) is 2.15. The van der Waals surface area contributed by atoms with Crippen LogP contribution in [0.4, 0.5) is 0 Å². The number of aryl methyl sites for hydroxylation is 2. The van der Waals surface area contributed by atoms with Crippen molar-refractivity contribution in [3.05, 3.63) is 27.2 Å². The monoisotopic (exact) mass is 396 g/mol. The lowest BCUT2D eigenvalue weighted by molar-refractivity contribution is 0.0714. The number of aromatic nitrogens is 4. The van der Waals surface area contributed by atoms with Gasteiger partial charge in [-0.1, -0.05) is 6.92 Å². The Morgan fingerprint density at radius 2 is 2.04 bits per heavy atom. The molecule has 2 aliphatic heterocycles. The van der Waals surface area contributed by atoms with Crippen LogP contribution in [0.2, 0.25) is 0 Å². The molecule has 0 bridgehead atoms. The number of nitrogens with one attached hydrogen (secondary N) is 1. The van der Waals surface area contributed by atoms with Gasteiger partial charge in [0.15, 0.2) is 0 Å². The van der Waals surface area contributed by atoms with E-state index in [1.165, 1.54) is 0 Å². The molecule has 0 radical (unpaired) electrons. The van der Waals surface area contributed by atoms with Crippen molar-refractivity contribution in [1.82, 2.24) is 30.0 Å². The first-order chi connectivity index (χ1) is 12.2. The zero-order chi connectivity index (χ0) is 17.4. The van der Waals surface area contributed by atoms with E-state index >= 15 is 0 Å². The molecule has 1 saturated heterocycles. The number of fused-ring (bicyclic) bond motifs is 1. The molecule has 2 aromatic heterocycles. The zero-order valence-electron chi connectivity index (χ0n) is 15.2. The van der Waals surface area contributed by atoms with Crippen LogP contribution >= 0.6 is 23.7 Å². The number of carbonyl (C=O) groups is 1. The molecule has 26 heavy (non-hydrogen) atoms. The van der Waals surface area contributed by atoms with Gasteiger partial charge >= 0.3 is 0 Å². The lowest BCUT2D eigenvalue weighted by Gasteiger charge is -2.32. The third-order valence-corrected chi connectivity index (χ3v) is 6.43. The maximum atomic E-state index is 12.8.